The lowest BCUT2D eigenvalue weighted by molar-refractivity contribution is 0.152. The van der Waals surface area contributed by atoms with Crippen LogP contribution in [0, 0.1) is 5.41 Å². The lowest BCUT2D eigenvalue weighted by Gasteiger charge is -2.35. The van der Waals surface area contributed by atoms with Crippen molar-refractivity contribution in [2.75, 3.05) is 44.3 Å². The Kier molecular flexibility index (Phi) is 5.23. The van der Waals surface area contributed by atoms with Gasteiger partial charge in [0.05, 0.1) is 6.61 Å². The summed E-state index contributed by atoms with van der Waals surface area (Å²) < 4.78 is 5.67. The fraction of sp³-hybridized carbons (Fsp3) is 0.625. The van der Waals surface area contributed by atoms with E-state index in [-0.39, 0.29) is 5.41 Å². The molecule has 0 aromatic heterocycles. The average molecular weight is 262 g/mol. The van der Waals surface area contributed by atoms with Crippen LogP contribution in [0.25, 0.3) is 0 Å². The fourth-order valence-electron chi connectivity index (χ4n) is 2.79. The number of hydrogen-bond donors (Lipinski definition) is 1. The normalized spacial score (nSPS) is 22.6. The van der Waals surface area contributed by atoms with Crippen LogP contribution in [0.3, 0.4) is 0 Å². The molecule has 0 aliphatic carbocycles. The SMILES string of the molecule is CCNCC1(CN(CC)c2ccccc2)CCOC1. The summed E-state index contributed by atoms with van der Waals surface area (Å²) in [6, 6.07) is 10.7. The Morgan fingerprint density at radius 2 is 2.05 bits per heavy atom. The summed E-state index contributed by atoms with van der Waals surface area (Å²) in [6.45, 7) is 10.4. The van der Waals surface area contributed by atoms with Crippen LogP contribution < -0.4 is 10.2 Å². The predicted octanol–water partition coefficient (Wildman–Crippen LogP) is 2.53. The van der Waals surface area contributed by atoms with Crippen molar-refractivity contribution in [3.8, 4) is 0 Å². The maximum atomic E-state index is 5.67. The van der Waals surface area contributed by atoms with E-state index in [1.165, 1.54) is 5.69 Å². The van der Waals surface area contributed by atoms with E-state index in [0.29, 0.717) is 0 Å². The Labute approximate surface area is 116 Å². The minimum atomic E-state index is 0.266. The standard InChI is InChI=1S/C16H26N2O/c1-3-17-12-16(10-11-19-14-16)13-18(4-2)15-8-6-5-7-9-15/h5-9,17H,3-4,10-14H2,1-2H3. The van der Waals surface area contributed by atoms with Gasteiger partial charge in [0.15, 0.2) is 0 Å². The summed E-state index contributed by atoms with van der Waals surface area (Å²) in [4.78, 5) is 2.46. The fourth-order valence-corrected chi connectivity index (χ4v) is 2.79. The van der Waals surface area contributed by atoms with Gasteiger partial charge in [0, 0.05) is 37.3 Å². The monoisotopic (exact) mass is 262 g/mol. The number of nitrogens with zero attached hydrogens (tertiary/aromatic N) is 1. The molecule has 2 rings (SSSR count). The van der Waals surface area contributed by atoms with E-state index >= 15 is 0 Å². The Hall–Kier alpha value is -1.06. The van der Waals surface area contributed by atoms with Crippen molar-refractivity contribution in [2.45, 2.75) is 20.3 Å². The molecular weight excluding hydrogens is 236 g/mol. The minimum absolute atomic E-state index is 0.266. The summed E-state index contributed by atoms with van der Waals surface area (Å²) in [6.07, 6.45) is 1.16. The molecule has 106 valence electrons. The van der Waals surface area contributed by atoms with E-state index in [1.807, 2.05) is 0 Å². The smallest absolute Gasteiger partial charge is 0.0552 e. The van der Waals surface area contributed by atoms with Crippen LogP contribution in [0.4, 0.5) is 5.69 Å². The molecule has 1 aromatic carbocycles. The number of benzene rings is 1. The van der Waals surface area contributed by atoms with Crippen molar-refractivity contribution in [1.29, 1.82) is 0 Å². The zero-order chi connectivity index (χ0) is 13.6. The molecule has 1 saturated heterocycles. The van der Waals surface area contributed by atoms with Crippen LogP contribution >= 0.6 is 0 Å². The van der Waals surface area contributed by atoms with E-state index in [9.17, 15) is 0 Å². The molecule has 1 fully saturated rings. The highest BCUT2D eigenvalue weighted by Crippen LogP contribution is 2.30. The molecule has 19 heavy (non-hydrogen) atoms. The summed E-state index contributed by atoms with van der Waals surface area (Å²) in [5.74, 6) is 0. The molecule has 0 amide bonds. The lowest BCUT2D eigenvalue weighted by Crippen LogP contribution is -2.45. The largest absolute Gasteiger partial charge is 0.381 e. The first kappa shape index (κ1) is 14.4. The van der Waals surface area contributed by atoms with Crippen LogP contribution in [-0.4, -0.2) is 39.4 Å². The first-order chi connectivity index (χ1) is 9.29. The van der Waals surface area contributed by atoms with Crippen molar-refractivity contribution >= 4 is 5.69 Å². The maximum Gasteiger partial charge on any atom is 0.0552 e. The Morgan fingerprint density at radius 3 is 2.63 bits per heavy atom. The van der Waals surface area contributed by atoms with Gasteiger partial charge in [-0.25, -0.2) is 0 Å². The molecule has 3 nitrogen and oxygen atoms in total. The number of para-hydroxylation sites is 1. The number of nitrogens with one attached hydrogen (secondary N) is 1. The molecule has 1 aromatic rings. The van der Waals surface area contributed by atoms with Crippen LogP contribution in [0.1, 0.15) is 20.3 Å². The topological polar surface area (TPSA) is 24.5 Å². The van der Waals surface area contributed by atoms with Crippen molar-refractivity contribution in [3.63, 3.8) is 0 Å². The van der Waals surface area contributed by atoms with Gasteiger partial charge in [0.1, 0.15) is 0 Å². The second-order valence-corrected chi connectivity index (χ2v) is 5.43. The molecule has 0 spiro atoms. The van der Waals surface area contributed by atoms with Gasteiger partial charge >= 0.3 is 0 Å². The Bertz CT molecular complexity index is 360. The second-order valence-electron chi connectivity index (χ2n) is 5.43. The van der Waals surface area contributed by atoms with Gasteiger partial charge in [-0.15, -0.1) is 0 Å². The first-order valence-electron chi connectivity index (χ1n) is 7.38. The highest BCUT2D eigenvalue weighted by atomic mass is 16.5. The molecule has 0 radical (unpaired) electrons. The molecule has 1 aliphatic rings. The first-order valence-corrected chi connectivity index (χ1v) is 7.38. The van der Waals surface area contributed by atoms with Crippen molar-refractivity contribution < 1.29 is 4.74 Å². The van der Waals surface area contributed by atoms with Gasteiger partial charge in [-0.05, 0) is 32.0 Å². The Balaban J connectivity index is 2.06. The van der Waals surface area contributed by atoms with E-state index < -0.39 is 0 Å². The summed E-state index contributed by atoms with van der Waals surface area (Å²) in [5.41, 5.74) is 1.58. The van der Waals surface area contributed by atoms with Gasteiger partial charge < -0.3 is 15.0 Å². The van der Waals surface area contributed by atoms with Crippen LogP contribution in [0.15, 0.2) is 30.3 Å². The lowest BCUT2D eigenvalue weighted by atomic mass is 9.86. The van der Waals surface area contributed by atoms with Gasteiger partial charge in [0.2, 0.25) is 0 Å². The molecular formula is C16H26N2O. The van der Waals surface area contributed by atoms with E-state index in [2.05, 4.69) is 54.4 Å². The van der Waals surface area contributed by atoms with Crippen LogP contribution in [-0.2, 0) is 4.74 Å². The number of hydrogen-bond acceptors (Lipinski definition) is 3. The van der Waals surface area contributed by atoms with E-state index in [0.717, 1.165) is 45.8 Å². The average Bonchev–Trinajstić information content (AvgIpc) is 2.93. The van der Waals surface area contributed by atoms with Gasteiger partial charge in [-0.3, -0.25) is 0 Å². The third-order valence-electron chi connectivity index (χ3n) is 3.96. The van der Waals surface area contributed by atoms with Crippen molar-refractivity contribution in [1.82, 2.24) is 5.32 Å². The van der Waals surface area contributed by atoms with Gasteiger partial charge in [0.25, 0.3) is 0 Å². The van der Waals surface area contributed by atoms with Gasteiger partial charge in [-0.1, -0.05) is 25.1 Å². The molecule has 1 atom stereocenters. The van der Waals surface area contributed by atoms with Crippen LogP contribution in [0.2, 0.25) is 0 Å². The third-order valence-corrected chi connectivity index (χ3v) is 3.96. The Morgan fingerprint density at radius 1 is 1.26 bits per heavy atom. The molecule has 0 saturated carbocycles. The number of ether oxygens (including phenoxy) is 1. The summed E-state index contributed by atoms with van der Waals surface area (Å²) in [5, 5.41) is 3.51. The van der Waals surface area contributed by atoms with Crippen molar-refractivity contribution in [3.05, 3.63) is 30.3 Å². The highest BCUT2D eigenvalue weighted by molar-refractivity contribution is 5.46. The third kappa shape index (κ3) is 3.71. The molecule has 1 heterocycles. The zero-order valence-electron chi connectivity index (χ0n) is 12.2. The van der Waals surface area contributed by atoms with Crippen molar-refractivity contribution in [2.24, 2.45) is 5.41 Å². The molecule has 1 N–H and O–H groups in total. The predicted molar refractivity (Wildman–Crippen MR) is 80.7 cm³/mol. The molecule has 3 heteroatoms. The highest BCUT2D eigenvalue weighted by Gasteiger charge is 2.36. The molecule has 1 aliphatic heterocycles. The summed E-state index contributed by atoms with van der Waals surface area (Å²) >= 11 is 0. The summed E-state index contributed by atoms with van der Waals surface area (Å²) in [7, 11) is 0. The van der Waals surface area contributed by atoms with Gasteiger partial charge in [-0.2, -0.15) is 0 Å². The number of anilines is 1. The van der Waals surface area contributed by atoms with Crippen LogP contribution in [0.5, 0.6) is 0 Å². The quantitative estimate of drug-likeness (QED) is 0.817. The maximum absolute atomic E-state index is 5.67. The van der Waals surface area contributed by atoms with E-state index in [4.69, 9.17) is 4.74 Å². The second kappa shape index (κ2) is 6.92. The molecule has 1 unspecified atom stereocenters. The number of rotatable bonds is 7. The van der Waals surface area contributed by atoms with E-state index in [1.54, 1.807) is 0 Å². The molecule has 0 bridgehead atoms. The minimum Gasteiger partial charge on any atom is -0.381 e. The zero-order valence-corrected chi connectivity index (χ0v) is 12.2.